The fraction of sp³-hybridized carbons (Fsp3) is 0.455. The summed E-state index contributed by atoms with van der Waals surface area (Å²) in [5, 5.41) is 10.9. The van der Waals surface area contributed by atoms with E-state index < -0.39 is 14.9 Å². The molecule has 1 aliphatic heterocycles. The van der Waals surface area contributed by atoms with Crippen molar-refractivity contribution >= 4 is 15.7 Å². The Bertz CT molecular complexity index is 579. The van der Waals surface area contributed by atoms with Gasteiger partial charge < -0.3 is 4.90 Å². The highest BCUT2D eigenvalue weighted by Crippen LogP contribution is 2.25. The second-order valence-electron chi connectivity index (χ2n) is 4.59. The Kier molecular flexibility index (Phi) is 3.83. The molecule has 0 saturated carbocycles. The molecule has 19 heavy (non-hydrogen) atoms. The summed E-state index contributed by atoms with van der Waals surface area (Å²) < 4.78 is 26.2. The summed E-state index contributed by atoms with van der Waals surface area (Å²) in [4.78, 5) is 11.3. The molecule has 7 nitrogen and oxygen atoms in total. The third kappa shape index (κ3) is 2.75. The van der Waals surface area contributed by atoms with E-state index in [1.54, 1.807) is 0 Å². The van der Waals surface area contributed by atoms with Crippen molar-refractivity contribution in [2.45, 2.75) is 4.90 Å². The molecule has 1 saturated heterocycles. The summed E-state index contributed by atoms with van der Waals surface area (Å²) in [7, 11) is -1.79. The van der Waals surface area contributed by atoms with Crippen molar-refractivity contribution in [1.82, 2.24) is 4.31 Å². The number of hydrogen-bond acceptors (Lipinski definition) is 4. The molecule has 0 aliphatic carbocycles. The van der Waals surface area contributed by atoms with Gasteiger partial charge in [-0.1, -0.05) is 12.1 Å². The average molecular weight is 286 g/mol. The van der Waals surface area contributed by atoms with Crippen molar-refractivity contribution in [2.24, 2.45) is 0 Å². The van der Waals surface area contributed by atoms with Gasteiger partial charge in [0, 0.05) is 6.07 Å². The van der Waals surface area contributed by atoms with Gasteiger partial charge in [-0.3, -0.25) is 10.1 Å². The first-order valence-corrected chi connectivity index (χ1v) is 7.42. The summed E-state index contributed by atoms with van der Waals surface area (Å²) >= 11 is 0. The molecule has 0 spiro atoms. The normalized spacial score (nSPS) is 18.4. The van der Waals surface area contributed by atoms with Crippen molar-refractivity contribution in [1.29, 1.82) is 0 Å². The number of likely N-dealkylation sites (N-methyl/N-ethyl adjacent to an activating group) is 1. The molecule has 1 aliphatic rings. The molecule has 0 bridgehead atoms. The molecule has 1 aromatic carbocycles. The van der Waals surface area contributed by atoms with Gasteiger partial charge in [-0.15, -0.1) is 0 Å². The van der Waals surface area contributed by atoms with Crippen LogP contribution in [-0.2, 0) is 10.0 Å². The predicted octanol–water partition coefficient (Wildman–Crippen LogP) is -0.886. The van der Waals surface area contributed by atoms with Crippen molar-refractivity contribution in [2.75, 3.05) is 33.2 Å². The third-order valence-electron chi connectivity index (χ3n) is 3.26. The van der Waals surface area contributed by atoms with Crippen LogP contribution in [0.1, 0.15) is 0 Å². The van der Waals surface area contributed by atoms with Crippen molar-refractivity contribution in [3.05, 3.63) is 34.4 Å². The van der Waals surface area contributed by atoms with Gasteiger partial charge in [-0.05, 0) is 6.07 Å². The van der Waals surface area contributed by atoms with E-state index >= 15 is 0 Å². The summed E-state index contributed by atoms with van der Waals surface area (Å²) in [6.07, 6.45) is 0. The molecule has 0 amide bonds. The maximum Gasteiger partial charge on any atom is 0.289 e. The number of nitrogens with zero attached hydrogens (tertiary/aromatic N) is 2. The monoisotopic (exact) mass is 286 g/mol. The van der Waals surface area contributed by atoms with E-state index in [-0.39, 0.29) is 10.6 Å². The minimum Gasteiger partial charge on any atom is -0.335 e. The first kappa shape index (κ1) is 13.9. The zero-order valence-corrected chi connectivity index (χ0v) is 11.4. The van der Waals surface area contributed by atoms with E-state index in [4.69, 9.17) is 0 Å². The summed E-state index contributed by atoms with van der Waals surface area (Å²) in [5.41, 5.74) is -0.367. The highest BCUT2D eigenvalue weighted by atomic mass is 32.2. The van der Waals surface area contributed by atoms with Crippen molar-refractivity contribution in [3.8, 4) is 0 Å². The number of rotatable bonds is 3. The Labute approximate surface area is 111 Å². The smallest absolute Gasteiger partial charge is 0.289 e. The number of sulfonamides is 1. The molecule has 1 aromatic rings. The molecule has 0 aromatic heterocycles. The van der Waals surface area contributed by atoms with Crippen LogP contribution in [0.15, 0.2) is 29.2 Å². The van der Waals surface area contributed by atoms with Crippen LogP contribution in [0.3, 0.4) is 0 Å². The lowest BCUT2D eigenvalue weighted by Crippen LogP contribution is -3.12. The number of nitro benzene ring substituents is 1. The molecular weight excluding hydrogens is 270 g/mol. The van der Waals surface area contributed by atoms with Gasteiger partial charge in [0.1, 0.15) is 0 Å². The Hall–Kier alpha value is -1.51. The molecule has 104 valence electrons. The highest BCUT2D eigenvalue weighted by Gasteiger charge is 2.33. The van der Waals surface area contributed by atoms with Crippen LogP contribution < -0.4 is 4.90 Å². The van der Waals surface area contributed by atoms with Crippen molar-refractivity contribution in [3.63, 3.8) is 0 Å². The molecule has 1 N–H and O–H groups in total. The molecule has 8 heteroatoms. The fourth-order valence-electron chi connectivity index (χ4n) is 2.07. The van der Waals surface area contributed by atoms with Gasteiger partial charge in [0.25, 0.3) is 5.69 Å². The standard InChI is InChI=1S/C11H15N3O4S/c1-12-6-8-13(9-7-12)19(17,18)11-5-3-2-4-10(11)14(15)16/h2-5H,6-9H2,1H3/p+1. The number of piperazine rings is 1. The second-order valence-corrected chi connectivity index (χ2v) is 6.49. The van der Waals surface area contributed by atoms with E-state index in [1.165, 1.54) is 33.5 Å². The van der Waals surface area contributed by atoms with Gasteiger partial charge in [-0.25, -0.2) is 8.42 Å². The van der Waals surface area contributed by atoms with Crippen LogP contribution in [0.25, 0.3) is 0 Å². The average Bonchev–Trinajstić information content (AvgIpc) is 2.39. The predicted molar refractivity (Wildman–Crippen MR) is 68.5 cm³/mol. The molecule has 0 radical (unpaired) electrons. The van der Waals surface area contributed by atoms with Gasteiger partial charge >= 0.3 is 0 Å². The molecule has 1 fully saturated rings. The Balaban J connectivity index is 2.37. The van der Waals surface area contributed by atoms with E-state index in [2.05, 4.69) is 0 Å². The lowest BCUT2D eigenvalue weighted by Gasteiger charge is -2.29. The molecule has 2 rings (SSSR count). The van der Waals surface area contributed by atoms with E-state index in [0.29, 0.717) is 26.2 Å². The van der Waals surface area contributed by atoms with Crippen LogP contribution in [0.5, 0.6) is 0 Å². The van der Waals surface area contributed by atoms with Crippen LogP contribution in [0.2, 0.25) is 0 Å². The second kappa shape index (κ2) is 5.24. The van der Waals surface area contributed by atoms with E-state index in [1.807, 2.05) is 7.05 Å². The fourth-order valence-corrected chi connectivity index (χ4v) is 3.67. The molecule has 0 unspecified atom stereocenters. The number of quaternary nitrogens is 1. The zero-order valence-electron chi connectivity index (χ0n) is 10.6. The Morgan fingerprint density at radius 3 is 2.42 bits per heavy atom. The lowest BCUT2D eigenvalue weighted by atomic mass is 10.3. The lowest BCUT2D eigenvalue weighted by molar-refractivity contribution is -0.883. The number of nitrogens with one attached hydrogen (secondary N) is 1. The quantitative estimate of drug-likeness (QED) is 0.577. The minimum atomic E-state index is -3.78. The zero-order chi connectivity index (χ0) is 14.0. The highest BCUT2D eigenvalue weighted by molar-refractivity contribution is 7.89. The summed E-state index contributed by atoms with van der Waals surface area (Å²) in [6.45, 7) is 2.19. The van der Waals surface area contributed by atoms with Crippen LogP contribution in [-0.4, -0.2) is 50.9 Å². The third-order valence-corrected chi connectivity index (χ3v) is 5.20. The van der Waals surface area contributed by atoms with Gasteiger partial charge in [-0.2, -0.15) is 4.31 Å². The molecule has 1 heterocycles. The topological polar surface area (TPSA) is 85.0 Å². The SMILES string of the molecule is C[NH+]1CCN(S(=O)(=O)c2ccccc2[N+](=O)[O-])CC1. The summed E-state index contributed by atoms with van der Waals surface area (Å²) in [6, 6.07) is 5.47. The van der Waals surface area contributed by atoms with Gasteiger partial charge in [0.2, 0.25) is 10.0 Å². The first-order chi connectivity index (χ1) is 8.93. The van der Waals surface area contributed by atoms with Crippen molar-refractivity contribution < 1.29 is 18.2 Å². The molecule has 0 atom stereocenters. The maximum atomic E-state index is 12.4. The number of hydrogen-bond donors (Lipinski definition) is 1. The maximum absolute atomic E-state index is 12.4. The number of benzene rings is 1. The van der Waals surface area contributed by atoms with Gasteiger partial charge in [0.15, 0.2) is 4.90 Å². The van der Waals surface area contributed by atoms with E-state index in [9.17, 15) is 18.5 Å². The van der Waals surface area contributed by atoms with E-state index in [0.717, 1.165) is 0 Å². The summed E-state index contributed by atoms with van der Waals surface area (Å²) in [5.74, 6) is 0. The Morgan fingerprint density at radius 2 is 1.84 bits per heavy atom. The Morgan fingerprint density at radius 1 is 1.26 bits per heavy atom. The first-order valence-electron chi connectivity index (χ1n) is 5.98. The van der Waals surface area contributed by atoms with Crippen LogP contribution in [0.4, 0.5) is 5.69 Å². The van der Waals surface area contributed by atoms with Crippen LogP contribution >= 0.6 is 0 Å². The largest absolute Gasteiger partial charge is 0.335 e. The number of para-hydroxylation sites is 1. The number of nitro groups is 1. The van der Waals surface area contributed by atoms with Gasteiger partial charge in [0.05, 0.1) is 38.2 Å². The van der Waals surface area contributed by atoms with Crippen LogP contribution in [0, 0.1) is 10.1 Å². The molecular formula is C11H16N3O4S+. The minimum absolute atomic E-state index is 0.223.